The van der Waals surface area contributed by atoms with E-state index >= 15 is 0 Å². The molecule has 4 heteroatoms. The SMILES string of the molecule is c1coc(-c2nc3cccnc3[se]2)c1. The Bertz CT molecular complexity index is 523. The summed E-state index contributed by atoms with van der Waals surface area (Å²) < 4.78 is 7.42. The second kappa shape index (κ2) is 3.08. The fourth-order valence-corrected chi connectivity index (χ4v) is 3.11. The van der Waals surface area contributed by atoms with E-state index in [0.29, 0.717) is 0 Å². The molecule has 0 N–H and O–H groups in total. The number of hydrogen-bond donors (Lipinski definition) is 0. The first-order valence-electron chi connectivity index (χ1n) is 4.19. The van der Waals surface area contributed by atoms with Crippen LogP contribution in [0, 0.1) is 0 Å². The van der Waals surface area contributed by atoms with E-state index in [1.165, 1.54) is 0 Å². The zero-order valence-electron chi connectivity index (χ0n) is 7.18. The first kappa shape index (κ1) is 7.97. The summed E-state index contributed by atoms with van der Waals surface area (Å²) in [5, 5.41) is 0. The summed E-state index contributed by atoms with van der Waals surface area (Å²) in [6.45, 7) is 0. The summed E-state index contributed by atoms with van der Waals surface area (Å²) in [7, 11) is 0. The number of hydrogen-bond acceptors (Lipinski definition) is 3. The van der Waals surface area contributed by atoms with Crippen LogP contribution >= 0.6 is 0 Å². The molecular weight excluding hydrogens is 243 g/mol. The minimum absolute atomic E-state index is 0.189. The fraction of sp³-hybridized carbons (Fsp3) is 0. The predicted octanol–water partition coefficient (Wildman–Crippen LogP) is 1.95. The number of pyridine rings is 1. The third kappa shape index (κ3) is 1.20. The van der Waals surface area contributed by atoms with Crippen molar-refractivity contribution >= 4 is 24.4 Å². The monoisotopic (exact) mass is 250 g/mol. The van der Waals surface area contributed by atoms with Crippen molar-refractivity contribution in [1.82, 2.24) is 9.97 Å². The third-order valence-electron chi connectivity index (χ3n) is 1.90. The molecule has 0 radical (unpaired) electrons. The summed E-state index contributed by atoms with van der Waals surface area (Å²) in [5.41, 5.74) is 0.985. The van der Waals surface area contributed by atoms with Gasteiger partial charge >= 0.3 is 85.8 Å². The fourth-order valence-electron chi connectivity index (χ4n) is 1.28. The van der Waals surface area contributed by atoms with E-state index in [4.69, 9.17) is 4.42 Å². The molecule has 0 saturated heterocycles. The van der Waals surface area contributed by atoms with Crippen LogP contribution in [0.4, 0.5) is 0 Å². The molecule has 0 atom stereocenters. The Morgan fingerprint density at radius 1 is 1.21 bits per heavy atom. The van der Waals surface area contributed by atoms with Gasteiger partial charge in [0.25, 0.3) is 0 Å². The van der Waals surface area contributed by atoms with Crippen LogP contribution < -0.4 is 0 Å². The molecule has 0 saturated carbocycles. The van der Waals surface area contributed by atoms with E-state index < -0.39 is 0 Å². The van der Waals surface area contributed by atoms with Gasteiger partial charge in [-0.25, -0.2) is 0 Å². The van der Waals surface area contributed by atoms with Crippen LogP contribution in [0.15, 0.2) is 41.1 Å². The van der Waals surface area contributed by atoms with Crippen LogP contribution in [-0.4, -0.2) is 24.5 Å². The van der Waals surface area contributed by atoms with Gasteiger partial charge in [-0.1, -0.05) is 0 Å². The van der Waals surface area contributed by atoms with E-state index in [2.05, 4.69) is 9.97 Å². The normalized spacial score (nSPS) is 10.9. The van der Waals surface area contributed by atoms with Gasteiger partial charge in [0.1, 0.15) is 0 Å². The van der Waals surface area contributed by atoms with Crippen molar-refractivity contribution in [3.63, 3.8) is 0 Å². The first-order valence-corrected chi connectivity index (χ1v) is 5.90. The Morgan fingerprint density at radius 3 is 3.00 bits per heavy atom. The predicted molar refractivity (Wildman–Crippen MR) is 54.2 cm³/mol. The Morgan fingerprint density at radius 2 is 2.21 bits per heavy atom. The second-order valence-corrected chi connectivity index (χ2v) is 4.87. The molecule has 0 spiro atoms. The molecule has 0 aliphatic rings. The minimum atomic E-state index is 0.189. The zero-order valence-corrected chi connectivity index (χ0v) is 8.89. The molecule has 0 unspecified atom stereocenters. The van der Waals surface area contributed by atoms with Gasteiger partial charge in [0, 0.05) is 0 Å². The summed E-state index contributed by atoms with van der Waals surface area (Å²) in [5.74, 6) is 0.864. The van der Waals surface area contributed by atoms with Crippen molar-refractivity contribution in [1.29, 1.82) is 0 Å². The topological polar surface area (TPSA) is 38.9 Å². The zero-order chi connectivity index (χ0) is 9.38. The van der Waals surface area contributed by atoms with E-state index in [1.807, 2.05) is 24.3 Å². The first-order chi connectivity index (χ1) is 6.93. The molecular formula is C10H6N2OSe. The average molecular weight is 249 g/mol. The molecule has 0 aliphatic carbocycles. The molecule has 3 aromatic rings. The number of furan rings is 1. The Kier molecular flexibility index (Phi) is 1.75. The van der Waals surface area contributed by atoms with Crippen LogP contribution in [0.5, 0.6) is 0 Å². The van der Waals surface area contributed by atoms with E-state index in [9.17, 15) is 0 Å². The van der Waals surface area contributed by atoms with Crippen LogP contribution in [0.1, 0.15) is 0 Å². The van der Waals surface area contributed by atoms with Crippen molar-refractivity contribution < 1.29 is 4.42 Å². The van der Waals surface area contributed by atoms with Crippen molar-refractivity contribution in [3.8, 4) is 10.3 Å². The number of rotatable bonds is 1. The van der Waals surface area contributed by atoms with E-state index in [-0.39, 0.29) is 14.5 Å². The molecule has 68 valence electrons. The molecule has 0 amide bonds. The molecule has 0 aliphatic heterocycles. The Labute approximate surface area is 86.2 Å². The molecule has 3 aromatic heterocycles. The summed E-state index contributed by atoms with van der Waals surface area (Å²) >= 11 is 0.189. The number of nitrogens with zero attached hydrogens (tertiary/aromatic N) is 2. The summed E-state index contributed by atoms with van der Waals surface area (Å²) in [6.07, 6.45) is 3.48. The standard InChI is InChI=1S/C10H6N2OSe/c1-3-7-9(11-5-1)14-10(12-7)8-4-2-6-13-8/h1-6H. The Balaban J connectivity index is 2.24. The maximum absolute atomic E-state index is 5.31. The van der Waals surface area contributed by atoms with Crippen LogP contribution in [-0.2, 0) is 0 Å². The van der Waals surface area contributed by atoms with Crippen molar-refractivity contribution in [2.45, 2.75) is 0 Å². The molecule has 14 heavy (non-hydrogen) atoms. The van der Waals surface area contributed by atoms with Crippen molar-refractivity contribution in [3.05, 3.63) is 36.7 Å². The van der Waals surface area contributed by atoms with Gasteiger partial charge in [0.05, 0.1) is 0 Å². The molecule has 0 aromatic carbocycles. The Hall–Kier alpha value is -1.38. The van der Waals surface area contributed by atoms with Gasteiger partial charge in [-0.05, 0) is 0 Å². The molecule has 3 rings (SSSR count). The summed E-state index contributed by atoms with van der Waals surface area (Å²) in [6, 6.07) is 7.71. The molecule has 0 bridgehead atoms. The van der Waals surface area contributed by atoms with Gasteiger partial charge in [0.2, 0.25) is 0 Å². The number of fused-ring (bicyclic) bond motifs is 1. The maximum atomic E-state index is 5.31. The quantitative estimate of drug-likeness (QED) is 0.619. The third-order valence-corrected chi connectivity index (χ3v) is 3.98. The average Bonchev–Trinajstić information content (AvgIpc) is 2.86. The van der Waals surface area contributed by atoms with E-state index in [0.717, 1.165) is 20.2 Å². The van der Waals surface area contributed by atoms with Crippen LogP contribution in [0.2, 0.25) is 0 Å². The second-order valence-electron chi connectivity index (χ2n) is 2.82. The van der Waals surface area contributed by atoms with Crippen LogP contribution in [0.3, 0.4) is 0 Å². The van der Waals surface area contributed by atoms with Crippen LogP contribution in [0.25, 0.3) is 20.2 Å². The van der Waals surface area contributed by atoms with Gasteiger partial charge in [0.15, 0.2) is 0 Å². The van der Waals surface area contributed by atoms with Crippen molar-refractivity contribution in [2.24, 2.45) is 0 Å². The number of aromatic nitrogens is 2. The molecule has 3 nitrogen and oxygen atoms in total. The van der Waals surface area contributed by atoms with Gasteiger partial charge in [-0.2, -0.15) is 0 Å². The van der Waals surface area contributed by atoms with Gasteiger partial charge < -0.3 is 0 Å². The molecule has 0 fully saturated rings. The van der Waals surface area contributed by atoms with Gasteiger partial charge in [-0.3, -0.25) is 0 Å². The van der Waals surface area contributed by atoms with E-state index in [1.54, 1.807) is 12.5 Å². The van der Waals surface area contributed by atoms with Gasteiger partial charge in [-0.15, -0.1) is 0 Å². The summed E-state index contributed by atoms with van der Waals surface area (Å²) in [4.78, 5) is 8.77. The van der Waals surface area contributed by atoms with Crippen molar-refractivity contribution in [2.75, 3.05) is 0 Å². The molecule has 3 heterocycles.